The zero-order valence-electron chi connectivity index (χ0n) is 33.4. The highest BCUT2D eigenvalue weighted by molar-refractivity contribution is 5.68. The molecule has 0 bridgehead atoms. The molecule has 0 aromatic heterocycles. The molecule has 1 saturated carbocycles. The molecule has 6 rings (SSSR count). The molecule has 4 aliphatic rings. The van der Waals surface area contributed by atoms with E-state index in [1.54, 1.807) is 6.08 Å². The summed E-state index contributed by atoms with van der Waals surface area (Å²) in [6, 6.07) is 16.8. The monoisotopic (exact) mass is 810 g/mol. The fourth-order valence-electron chi connectivity index (χ4n) is 7.57. The Morgan fingerprint density at radius 2 is 1.22 bits per heavy atom. The van der Waals surface area contributed by atoms with Crippen LogP contribution < -0.4 is 10.6 Å². The molecule has 2 aromatic carbocycles. The first kappa shape index (κ1) is 43.7. The Morgan fingerprint density at radius 3 is 1.83 bits per heavy atom. The lowest BCUT2D eigenvalue weighted by Crippen LogP contribution is -2.62. The predicted octanol–water partition coefficient (Wildman–Crippen LogP) is 4.23. The molecule has 1 aliphatic carbocycles. The van der Waals surface area contributed by atoms with Gasteiger partial charge in [-0.15, -0.1) is 0 Å². The van der Waals surface area contributed by atoms with Crippen LogP contribution in [0.15, 0.2) is 85.0 Å². The van der Waals surface area contributed by atoms with Crippen molar-refractivity contribution in [1.82, 2.24) is 10.6 Å². The van der Waals surface area contributed by atoms with Gasteiger partial charge in [0.2, 0.25) is 0 Å². The van der Waals surface area contributed by atoms with Gasteiger partial charge in [-0.25, -0.2) is 9.59 Å². The number of rotatable bonds is 15. The second-order valence-electron chi connectivity index (χ2n) is 15.3. The van der Waals surface area contributed by atoms with Crippen LogP contribution in [0.4, 0.5) is 9.59 Å². The van der Waals surface area contributed by atoms with Crippen LogP contribution in [0, 0.1) is 11.8 Å². The molecule has 0 spiro atoms. The minimum absolute atomic E-state index is 0.0382. The zero-order valence-corrected chi connectivity index (χ0v) is 33.4. The molecule has 0 radical (unpaired) electrons. The van der Waals surface area contributed by atoms with E-state index in [2.05, 4.69) is 10.6 Å². The fraction of sp³-hybridized carbons (Fsp3) is 0.581. The second kappa shape index (κ2) is 20.9. The average molecular weight is 811 g/mol. The Hall–Kier alpha value is -3.90. The van der Waals surface area contributed by atoms with Gasteiger partial charge in [-0.1, -0.05) is 113 Å². The summed E-state index contributed by atoms with van der Waals surface area (Å²) in [4.78, 5) is 25.9. The summed E-state index contributed by atoms with van der Waals surface area (Å²) in [6.07, 6.45) is -2.95. The van der Waals surface area contributed by atoms with E-state index in [-0.39, 0.29) is 37.3 Å². The van der Waals surface area contributed by atoms with Crippen molar-refractivity contribution in [3.63, 3.8) is 0 Å². The molecular formula is C43H58N2O13. The van der Waals surface area contributed by atoms with Gasteiger partial charge in [0.05, 0.1) is 31.0 Å². The molecule has 318 valence electrons. The smallest absolute Gasteiger partial charge is 0.408 e. The van der Waals surface area contributed by atoms with Gasteiger partial charge in [0.25, 0.3) is 0 Å². The summed E-state index contributed by atoms with van der Waals surface area (Å²) in [5, 5.41) is 39.6. The number of nitrogens with one attached hydrogen (secondary N) is 2. The highest BCUT2D eigenvalue weighted by Gasteiger charge is 2.53. The zero-order chi connectivity index (χ0) is 41.2. The predicted molar refractivity (Wildman–Crippen MR) is 209 cm³/mol. The highest BCUT2D eigenvalue weighted by atomic mass is 16.8. The van der Waals surface area contributed by atoms with Crippen molar-refractivity contribution in [3.05, 3.63) is 96.1 Å². The number of hydrogen-bond donors (Lipinski definition) is 5. The molecule has 15 nitrogen and oxygen atoms in total. The quantitative estimate of drug-likeness (QED) is 0.161. The van der Waals surface area contributed by atoms with Gasteiger partial charge in [0.1, 0.15) is 49.8 Å². The van der Waals surface area contributed by atoms with E-state index >= 15 is 0 Å². The van der Waals surface area contributed by atoms with Gasteiger partial charge in [-0.05, 0) is 36.3 Å². The Kier molecular flexibility index (Phi) is 15.7. The van der Waals surface area contributed by atoms with Crippen molar-refractivity contribution >= 4 is 12.2 Å². The van der Waals surface area contributed by atoms with Gasteiger partial charge in [-0.3, -0.25) is 0 Å². The molecular weight excluding hydrogens is 752 g/mol. The summed E-state index contributed by atoms with van der Waals surface area (Å²) in [6.45, 7) is 7.36. The van der Waals surface area contributed by atoms with Gasteiger partial charge in [0, 0.05) is 5.92 Å². The van der Waals surface area contributed by atoms with Crippen molar-refractivity contribution in [1.29, 1.82) is 0 Å². The Morgan fingerprint density at radius 1 is 0.672 bits per heavy atom. The fourth-order valence-corrected chi connectivity index (χ4v) is 7.57. The molecule has 3 aliphatic heterocycles. The molecule has 5 N–H and O–H groups in total. The maximum absolute atomic E-state index is 13.0. The minimum atomic E-state index is -1.50. The number of alkyl carbamates (subject to hydrolysis) is 2. The number of aliphatic hydroxyl groups is 3. The van der Waals surface area contributed by atoms with Crippen molar-refractivity contribution in [2.75, 3.05) is 6.61 Å². The van der Waals surface area contributed by atoms with E-state index < -0.39 is 86.4 Å². The number of hydrogen-bond acceptors (Lipinski definition) is 13. The summed E-state index contributed by atoms with van der Waals surface area (Å²) >= 11 is 0. The van der Waals surface area contributed by atoms with Crippen molar-refractivity contribution in [2.24, 2.45) is 11.8 Å². The van der Waals surface area contributed by atoms with E-state index in [0.717, 1.165) is 17.5 Å². The summed E-state index contributed by atoms with van der Waals surface area (Å²) in [5.74, 6) is -0.411. The van der Waals surface area contributed by atoms with Gasteiger partial charge in [-0.2, -0.15) is 0 Å². The SMILES string of the molecule is CCC1C=CC(C)C(OC2C(C)CC(NC(=O)OCc3ccccc3)C(O)C2OC2OC(CO)C(OC3OC(CC)C=CC3NC(=O)OCc3ccccc3)C2O)O1. The number of ether oxygens (including phenoxy) is 8. The number of carbonyl (C=O) groups is 2. The van der Waals surface area contributed by atoms with Gasteiger partial charge >= 0.3 is 12.2 Å². The Bertz CT molecular complexity index is 1650. The molecule has 1 saturated heterocycles. The first-order valence-electron chi connectivity index (χ1n) is 20.3. The van der Waals surface area contributed by atoms with Crippen molar-refractivity contribution in [2.45, 2.75) is 140 Å². The second-order valence-corrected chi connectivity index (χ2v) is 15.3. The topological polar surface area (TPSA) is 193 Å². The highest BCUT2D eigenvalue weighted by Crippen LogP contribution is 2.37. The molecule has 58 heavy (non-hydrogen) atoms. The van der Waals surface area contributed by atoms with Crippen LogP contribution in [0.5, 0.6) is 0 Å². The van der Waals surface area contributed by atoms with Crippen LogP contribution in [-0.4, -0.2) is 114 Å². The molecule has 3 heterocycles. The Balaban J connectivity index is 1.16. The lowest BCUT2D eigenvalue weighted by molar-refractivity contribution is -0.290. The van der Waals surface area contributed by atoms with Crippen molar-refractivity contribution < 1.29 is 62.8 Å². The maximum Gasteiger partial charge on any atom is 0.408 e. The maximum atomic E-state index is 13.0. The largest absolute Gasteiger partial charge is 0.445 e. The van der Waals surface area contributed by atoms with Crippen molar-refractivity contribution in [3.8, 4) is 0 Å². The van der Waals surface area contributed by atoms with Crippen LogP contribution in [0.1, 0.15) is 58.1 Å². The number of benzene rings is 2. The molecule has 2 amide bonds. The third kappa shape index (κ3) is 11.2. The third-order valence-corrected chi connectivity index (χ3v) is 10.9. The van der Waals surface area contributed by atoms with Crippen LogP contribution >= 0.6 is 0 Å². The first-order valence-corrected chi connectivity index (χ1v) is 20.3. The molecule has 2 fully saturated rings. The summed E-state index contributed by atoms with van der Waals surface area (Å²) in [7, 11) is 0. The average Bonchev–Trinajstić information content (AvgIpc) is 3.53. The van der Waals surface area contributed by atoms with Crippen LogP contribution in [0.25, 0.3) is 0 Å². The standard InChI is InChI=1S/C43H58N2O13/c1-5-29-18-17-25(3)39(53-29)56-36-26(4)21-32(45-43(50)52-24-28-15-11-8-12-16-28)34(47)38(36)58-41-35(48)37(33(22-46)55-41)57-40-31(20-19-30(6-2)54-40)44-42(49)51-23-27-13-9-7-10-14-27/h7-20,25-26,29-41,46-48H,5-6,21-24H2,1-4H3,(H,44,49)(H,45,50). The van der Waals surface area contributed by atoms with Crippen LogP contribution in [0.2, 0.25) is 0 Å². The van der Waals surface area contributed by atoms with Crippen LogP contribution in [0.3, 0.4) is 0 Å². The van der Waals surface area contributed by atoms with E-state index in [0.29, 0.717) is 12.8 Å². The minimum Gasteiger partial charge on any atom is -0.445 e. The third-order valence-electron chi connectivity index (χ3n) is 10.9. The molecule has 15 atom stereocenters. The number of aliphatic hydroxyl groups excluding tert-OH is 3. The van der Waals surface area contributed by atoms with E-state index in [1.807, 2.05) is 107 Å². The molecule has 15 heteroatoms. The normalized spacial score (nSPS) is 35.9. The lowest BCUT2D eigenvalue weighted by atomic mass is 9.80. The van der Waals surface area contributed by atoms with Gasteiger partial charge in [0.15, 0.2) is 18.9 Å². The van der Waals surface area contributed by atoms with Crippen LogP contribution in [-0.2, 0) is 51.1 Å². The number of amides is 2. The lowest BCUT2D eigenvalue weighted by Gasteiger charge is -2.46. The van der Waals surface area contributed by atoms with E-state index in [1.165, 1.54) is 0 Å². The summed E-state index contributed by atoms with van der Waals surface area (Å²) < 4.78 is 48.7. The van der Waals surface area contributed by atoms with E-state index in [4.69, 9.17) is 37.9 Å². The first-order chi connectivity index (χ1) is 28.1. The van der Waals surface area contributed by atoms with Gasteiger partial charge < -0.3 is 63.8 Å². The molecule has 2 aromatic rings. The Labute approximate surface area is 339 Å². The number of carbonyl (C=O) groups excluding carboxylic acids is 2. The molecule has 15 unspecified atom stereocenters. The summed E-state index contributed by atoms with van der Waals surface area (Å²) in [5.41, 5.74) is 1.62. The van der Waals surface area contributed by atoms with E-state index in [9.17, 15) is 24.9 Å².